The van der Waals surface area contributed by atoms with Crippen molar-refractivity contribution in [1.29, 1.82) is 0 Å². The number of carbonyl (C=O) groups excluding carboxylic acids is 1. The van der Waals surface area contributed by atoms with Gasteiger partial charge in [-0.05, 0) is 44.2 Å². The number of fused-ring (bicyclic) bond motifs is 1. The van der Waals surface area contributed by atoms with Gasteiger partial charge in [0.2, 0.25) is 0 Å². The summed E-state index contributed by atoms with van der Waals surface area (Å²) in [5.41, 5.74) is 2.62. The van der Waals surface area contributed by atoms with E-state index in [1.165, 1.54) is 11.1 Å². The molecule has 1 aromatic rings. The fourth-order valence-electron chi connectivity index (χ4n) is 3.16. The fraction of sp³-hybridized carbons (Fsp3) is 0.588. The summed E-state index contributed by atoms with van der Waals surface area (Å²) in [5.74, 6) is 0. The molecule has 0 saturated carbocycles. The van der Waals surface area contributed by atoms with Gasteiger partial charge in [0.15, 0.2) is 0 Å². The highest BCUT2D eigenvalue weighted by molar-refractivity contribution is 5.75. The maximum absolute atomic E-state index is 12.8. The molecular weight excluding hydrogens is 264 g/mol. The minimum atomic E-state index is 0.0927. The first-order valence-corrected chi connectivity index (χ1v) is 7.97. The van der Waals surface area contributed by atoms with Crippen LogP contribution in [0.25, 0.3) is 0 Å². The monoisotopic (exact) mass is 290 g/mol. The van der Waals surface area contributed by atoms with E-state index in [1.807, 2.05) is 29.7 Å². The van der Waals surface area contributed by atoms with Crippen LogP contribution in [0.1, 0.15) is 43.9 Å². The van der Waals surface area contributed by atoms with E-state index < -0.39 is 0 Å². The van der Waals surface area contributed by atoms with Crippen LogP contribution in [0.5, 0.6) is 0 Å². The number of aliphatic hydroxyl groups excluding tert-OH is 1. The third-order valence-electron chi connectivity index (χ3n) is 4.31. The standard InChI is InChI=1S/C17H26N2O2/c1-3-18(4-2)17(21)19(12-7-13-20)16-11-10-14-8-5-6-9-15(14)16/h5-6,8-9,16,20H,3-4,7,10-13H2,1-2H3. The normalized spacial score (nSPS) is 16.6. The number of urea groups is 1. The first-order chi connectivity index (χ1) is 10.2. The minimum absolute atomic E-state index is 0.0927. The number of hydrogen-bond acceptors (Lipinski definition) is 2. The molecule has 0 spiro atoms. The quantitative estimate of drug-likeness (QED) is 0.875. The summed E-state index contributed by atoms with van der Waals surface area (Å²) < 4.78 is 0. The zero-order valence-electron chi connectivity index (χ0n) is 13.1. The van der Waals surface area contributed by atoms with Crippen LogP contribution in [-0.4, -0.2) is 47.2 Å². The number of carbonyl (C=O) groups is 1. The van der Waals surface area contributed by atoms with Crippen LogP contribution in [0.4, 0.5) is 4.79 Å². The van der Waals surface area contributed by atoms with E-state index in [0.717, 1.165) is 25.9 Å². The maximum atomic E-state index is 12.8. The second-order valence-electron chi connectivity index (χ2n) is 5.48. The molecule has 1 aromatic carbocycles. The Morgan fingerprint density at radius 3 is 2.67 bits per heavy atom. The molecule has 2 amide bonds. The highest BCUT2D eigenvalue weighted by Crippen LogP contribution is 2.36. The molecule has 4 nitrogen and oxygen atoms in total. The Hall–Kier alpha value is -1.55. The van der Waals surface area contributed by atoms with Crippen LogP contribution in [0.15, 0.2) is 24.3 Å². The third kappa shape index (κ3) is 3.38. The lowest BCUT2D eigenvalue weighted by Crippen LogP contribution is -2.45. The van der Waals surface area contributed by atoms with Gasteiger partial charge in [-0.2, -0.15) is 0 Å². The van der Waals surface area contributed by atoms with Crippen LogP contribution in [0, 0.1) is 0 Å². The molecule has 0 heterocycles. The van der Waals surface area contributed by atoms with Crippen molar-refractivity contribution in [1.82, 2.24) is 9.80 Å². The van der Waals surface area contributed by atoms with Gasteiger partial charge < -0.3 is 14.9 Å². The number of rotatable bonds is 6. The van der Waals surface area contributed by atoms with Crippen molar-refractivity contribution in [2.45, 2.75) is 39.2 Å². The van der Waals surface area contributed by atoms with Crippen molar-refractivity contribution < 1.29 is 9.90 Å². The molecule has 1 N–H and O–H groups in total. The van der Waals surface area contributed by atoms with E-state index in [2.05, 4.69) is 18.2 Å². The third-order valence-corrected chi connectivity index (χ3v) is 4.31. The lowest BCUT2D eigenvalue weighted by Gasteiger charge is -2.34. The molecule has 2 rings (SSSR count). The molecule has 0 aliphatic heterocycles. The lowest BCUT2D eigenvalue weighted by atomic mass is 10.1. The van der Waals surface area contributed by atoms with Crippen LogP contribution in [0.2, 0.25) is 0 Å². The maximum Gasteiger partial charge on any atom is 0.320 e. The van der Waals surface area contributed by atoms with Crippen molar-refractivity contribution in [3.8, 4) is 0 Å². The molecule has 21 heavy (non-hydrogen) atoms. The summed E-state index contributed by atoms with van der Waals surface area (Å²) in [6.45, 7) is 6.20. The lowest BCUT2D eigenvalue weighted by molar-refractivity contribution is 0.130. The smallest absolute Gasteiger partial charge is 0.320 e. The molecular formula is C17H26N2O2. The molecule has 0 bridgehead atoms. The van der Waals surface area contributed by atoms with Crippen molar-refractivity contribution in [2.24, 2.45) is 0 Å². The van der Waals surface area contributed by atoms with Gasteiger partial charge in [0, 0.05) is 26.2 Å². The number of aliphatic hydroxyl groups is 1. The van der Waals surface area contributed by atoms with Gasteiger partial charge in [0.05, 0.1) is 6.04 Å². The fourth-order valence-corrected chi connectivity index (χ4v) is 3.16. The van der Waals surface area contributed by atoms with Crippen LogP contribution in [-0.2, 0) is 6.42 Å². The number of amides is 2. The molecule has 1 aliphatic carbocycles. The summed E-state index contributed by atoms with van der Waals surface area (Å²) >= 11 is 0. The Morgan fingerprint density at radius 2 is 2.00 bits per heavy atom. The molecule has 1 aliphatic rings. The summed E-state index contributed by atoms with van der Waals surface area (Å²) in [5, 5.41) is 9.14. The van der Waals surface area contributed by atoms with Crippen molar-refractivity contribution in [3.05, 3.63) is 35.4 Å². The molecule has 1 atom stereocenters. The number of nitrogens with zero attached hydrogens (tertiary/aromatic N) is 2. The largest absolute Gasteiger partial charge is 0.396 e. The average Bonchev–Trinajstić information content (AvgIpc) is 2.93. The van der Waals surface area contributed by atoms with E-state index in [9.17, 15) is 4.79 Å². The van der Waals surface area contributed by atoms with Gasteiger partial charge in [-0.25, -0.2) is 4.79 Å². The molecule has 0 aromatic heterocycles. The van der Waals surface area contributed by atoms with Gasteiger partial charge in [-0.1, -0.05) is 24.3 Å². The number of hydrogen-bond donors (Lipinski definition) is 1. The molecule has 1 unspecified atom stereocenters. The highest BCUT2D eigenvalue weighted by atomic mass is 16.3. The Kier molecular flexibility index (Phi) is 5.62. The minimum Gasteiger partial charge on any atom is -0.396 e. The average molecular weight is 290 g/mol. The zero-order chi connectivity index (χ0) is 15.2. The molecule has 0 saturated heterocycles. The van der Waals surface area contributed by atoms with E-state index in [-0.39, 0.29) is 18.7 Å². The van der Waals surface area contributed by atoms with Crippen molar-refractivity contribution in [3.63, 3.8) is 0 Å². The SMILES string of the molecule is CCN(CC)C(=O)N(CCCO)C1CCc2ccccc21. The van der Waals surface area contributed by atoms with Gasteiger partial charge in [0.25, 0.3) is 0 Å². The molecule has 116 valence electrons. The highest BCUT2D eigenvalue weighted by Gasteiger charge is 2.32. The van der Waals surface area contributed by atoms with E-state index >= 15 is 0 Å². The summed E-state index contributed by atoms with van der Waals surface area (Å²) in [6.07, 6.45) is 2.64. The van der Waals surface area contributed by atoms with E-state index in [0.29, 0.717) is 13.0 Å². The van der Waals surface area contributed by atoms with Gasteiger partial charge >= 0.3 is 6.03 Å². The molecule has 4 heteroatoms. The van der Waals surface area contributed by atoms with Gasteiger partial charge in [-0.15, -0.1) is 0 Å². The first kappa shape index (κ1) is 15.8. The molecule has 0 radical (unpaired) electrons. The summed E-state index contributed by atoms with van der Waals surface area (Å²) in [7, 11) is 0. The predicted molar refractivity (Wildman–Crippen MR) is 84.2 cm³/mol. The van der Waals surface area contributed by atoms with E-state index in [4.69, 9.17) is 5.11 Å². The topological polar surface area (TPSA) is 43.8 Å². The second-order valence-corrected chi connectivity index (χ2v) is 5.48. The van der Waals surface area contributed by atoms with Gasteiger partial charge in [0.1, 0.15) is 0 Å². The van der Waals surface area contributed by atoms with Crippen LogP contribution >= 0.6 is 0 Å². The zero-order valence-corrected chi connectivity index (χ0v) is 13.1. The number of aryl methyl sites for hydroxylation is 1. The van der Waals surface area contributed by atoms with Crippen molar-refractivity contribution >= 4 is 6.03 Å². The van der Waals surface area contributed by atoms with Gasteiger partial charge in [-0.3, -0.25) is 0 Å². The van der Waals surface area contributed by atoms with E-state index in [1.54, 1.807) is 0 Å². The number of benzene rings is 1. The summed E-state index contributed by atoms with van der Waals surface area (Å²) in [4.78, 5) is 16.6. The van der Waals surface area contributed by atoms with Crippen LogP contribution in [0.3, 0.4) is 0 Å². The second kappa shape index (κ2) is 7.46. The van der Waals surface area contributed by atoms with Crippen LogP contribution < -0.4 is 0 Å². The Morgan fingerprint density at radius 1 is 1.29 bits per heavy atom. The Balaban J connectivity index is 2.22. The van der Waals surface area contributed by atoms with Crippen molar-refractivity contribution in [2.75, 3.05) is 26.2 Å². The summed E-state index contributed by atoms with van der Waals surface area (Å²) in [6, 6.07) is 8.64. The first-order valence-electron chi connectivity index (χ1n) is 7.97. The Bertz CT molecular complexity index is 472. The predicted octanol–water partition coefficient (Wildman–Crippen LogP) is 2.82. The Labute approximate surface area is 127 Å². The molecule has 0 fully saturated rings.